The normalized spacial score (nSPS) is 11.9. The lowest BCUT2D eigenvalue weighted by Crippen LogP contribution is -2.28. The molecule has 0 bridgehead atoms. The topological polar surface area (TPSA) is 68.0 Å². The lowest BCUT2D eigenvalue weighted by atomic mass is 10.1. The number of hydrogen-bond acceptors (Lipinski definition) is 3. The summed E-state index contributed by atoms with van der Waals surface area (Å²) >= 11 is 9.19. The second-order valence-electron chi connectivity index (χ2n) is 3.89. The molecule has 19 heavy (non-hydrogen) atoms. The highest BCUT2D eigenvalue weighted by Gasteiger charge is 2.18. The predicted octanol–water partition coefficient (Wildman–Crippen LogP) is 3.14. The van der Waals surface area contributed by atoms with Crippen molar-refractivity contribution >= 4 is 39.1 Å². The summed E-state index contributed by atoms with van der Waals surface area (Å²) in [6.45, 7) is 0. The van der Waals surface area contributed by atoms with Crippen LogP contribution in [0.2, 0.25) is 5.02 Å². The van der Waals surface area contributed by atoms with Gasteiger partial charge < -0.3 is 11.1 Å². The minimum Gasteiger partial charge on any atom is -0.369 e. The fourth-order valence-corrected chi connectivity index (χ4v) is 2.02. The number of nitrogens with zero attached hydrogens (tertiary/aromatic N) is 1. The van der Waals surface area contributed by atoms with Crippen molar-refractivity contribution in [3.05, 3.63) is 57.8 Å². The van der Waals surface area contributed by atoms with E-state index < -0.39 is 11.9 Å². The summed E-state index contributed by atoms with van der Waals surface area (Å²) in [5, 5.41) is 3.60. The molecule has 3 N–H and O–H groups in total. The standard InChI is InChI=1S/C13H11BrClN3O/c14-8-4-5-11(17-7-8)12(13(16)19)18-10-3-1-2-9(15)6-10/h1-7,12,18H,(H2,16,19). The minimum absolute atomic E-state index is 0.505. The Morgan fingerprint density at radius 2 is 2.16 bits per heavy atom. The Hall–Kier alpha value is -1.59. The Kier molecular flexibility index (Phi) is 4.39. The zero-order valence-electron chi connectivity index (χ0n) is 9.81. The van der Waals surface area contributed by atoms with Crippen LogP contribution in [0.25, 0.3) is 0 Å². The molecule has 1 amide bonds. The highest BCUT2D eigenvalue weighted by molar-refractivity contribution is 9.10. The fraction of sp³-hybridized carbons (Fsp3) is 0.0769. The number of anilines is 1. The Morgan fingerprint density at radius 1 is 1.37 bits per heavy atom. The van der Waals surface area contributed by atoms with Crippen molar-refractivity contribution in [3.8, 4) is 0 Å². The van der Waals surface area contributed by atoms with Gasteiger partial charge in [-0.2, -0.15) is 0 Å². The molecule has 6 heteroatoms. The first-order chi connectivity index (χ1) is 9.06. The molecule has 0 spiro atoms. The summed E-state index contributed by atoms with van der Waals surface area (Å²) in [5.74, 6) is -0.505. The molecule has 2 aromatic rings. The summed E-state index contributed by atoms with van der Waals surface area (Å²) in [6, 6.07) is 9.90. The molecular formula is C13H11BrClN3O. The van der Waals surface area contributed by atoms with Crippen LogP contribution in [0.3, 0.4) is 0 Å². The highest BCUT2D eigenvalue weighted by atomic mass is 79.9. The molecule has 0 aliphatic carbocycles. The first-order valence-electron chi connectivity index (χ1n) is 5.49. The number of aromatic nitrogens is 1. The second-order valence-corrected chi connectivity index (χ2v) is 5.24. The maximum atomic E-state index is 11.5. The van der Waals surface area contributed by atoms with E-state index >= 15 is 0 Å². The van der Waals surface area contributed by atoms with E-state index in [0.29, 0.717) is 16.4 Å². The van der Waals surface area contributed by atoms with Crippen LogP contribution in [0, 0.1) is 0 Å². The van der Waals surface area contributed by atoms with E-state index in [1.165, 1.54) is 0 Å². The quantitative estimate of drug-likeness (QED) is 0.898. The van der Waals surface area contributed by atoms with E-state index in [1.54, 1.807) is 42.6 Å². The fourth-order valence-electron chi connectivity index (χ4n) is 1.59. The monoisotopic (exact) mass is 339 g/mol. The number of carbonyl (C=O) groups excluding carboxylic acids is 1. The number of halogens is 2. The molecule has 1 heterocycles. The van der Waals surface area contributed by atoms with Crippen LogP contribution in [0.1, 0.15) is 11.7 Å². The molecule has 1 aromatic heterocycles. The molecule has 0 saturated carbocycles. The van der Waals surface area contributed by atoms with E-state index in [9.17, 15) is 4.79 Å². The van der Waals surface area contributed by atoms with Gasteiger partial charge in [0.25, 0.3) is 0 Å². The van der Waals surface area contributed by atoms with Crippen LogP contribution < -0.4 is 11.1 Å². The minimum atomic E-state index is -0.702. The van der Waals surface area contributed by atoms with Gasteiger partial charge in [-0.15, -0.1) is 0 Å². The Morgan fingerprint density at radius 3 is 2.74 bits per heavy atom. The van der Waals surface area contributed by atoms with Crippen molar-refractivity contribution in [2.75, 3.05) is 5.32 Å². The average Bonchev–Trinajstić information content (AvgIpc) is 2.37. The lowest BCUT2D eigenvalue weighted by Gasteiger charge is -2.16. The summed E-state index contributed by atoms with van der Waals surface area (Å²) in [5.41, 5.74) is 6.67. The van der Waals surface area contributed by atoms with Gasteiger partial charge in [-0.3, -0.25) is 9.78 Å². The van der Waals surface area contributed by atoms with Gasteiger partial charge in [-0.25, -0.2) is 0 Å². The van der Waals surface area contributed by atoms with Crippen molar-refractivity contribution < 1.29 is 4.79 Å². The summed E-state index contributed by atoms with van der Waals surface area (Å²) in [6.07, 6.45) is 1.62. The van der Waals surface area contributed by atoms with Crippen molar-refractivity contribution in [3.63, 3.8) is 0 Å². The van der Waals surface area contributed by atoms with Gasteiger partial charge in [0.2, 0.25) is 5.91 Å². The largest absolute Gasteiger partial charge is 0.369 e. The maximum absolute atomic E-state index is 11.5. The van der Waals surface area contributed by atoms with Crippen LogP contribution in [-0.2, 0) is 4.79 Å². The number of primary amides is 1. The van der Waals surface area contributed by atoms with E-state index in [4.69, 9.17) is 17.3 Å². The summed E-state index contributed by atoms with van der Waals surface area (Å²) in [7, 11) is 0. The SMILES string of the molecule is NC(=O)C(Nc1cccc(Cl)c1)c1ccc(Br)cn1. The zero-order chi connectivity index (χ0) is 13.8. The first kappa shape index (κ1) is 13.8. The summed E-state index contributed by atoms with van der Waals surface area (Å²) < 4.78 is 0.835. The van der Waals surface area contributed by atoms with Crippen LogP contribution in [0.5, 0.6) is 0 Å². The molecule has 98 valence electrons. The van der Waals surface area contributed by atoms with Crippen LogP contribution in [-0.4, -0.2) is 10.9 Å². The molecule has 4 nitrogen and oxygen atoms in total. The number of benzene rings is 1. The molecule has 2 rings (SSSR count). The number of nitrogens with one attached hydrogen (secondary N) is 1. The number of rotatable bonds is 4. The number of carbonyl (C=O) groups is 1. The van der Waals surface area contributed by atoms with Crippen LogP contribution in [0.15, 0.2) is 47.1 Å². The number of hydrogen-bond donors (Lipinski definition) is 2. The third-order valence-electron chi connectivity index (χ3n) is 2.47. The Labute approximate surface area is 124 Å². The molecular weight excluding hydrogens is 330 g/mol. The van der Waals surface area contributed by atoms with Gasteiger partial charge in [0.15, 0.2) is 0 Å². The van der Waals surface area contributed by atoms with Gasteiger partial charge >= 0.3 is 0 Å². The van der Waals surface area contributed by atoms with E-state index in [1.807, 2.05) is 0 Å². The van der Waals surface area contributed by atoms with Gasteiger partial charge in [-0.05, 0) is 46.3 Å². The molecule has 0 saturated heterocycles. The molecule has 0 fully saturated rings. The smallest absolute Gasteiger partial charge is 0.246 e. The van der Waals surface area contributed by atoms with Gasteiger partial charge in [0.1, 0.15) is 6.04 Å². The molecule has 1 atom stereocenters. The third-order valence-corrected chi connectivity index (χ3v) is 3.17. The third kappa shape index (κ3) is 3.68. The van der Waals surface area contributed by atoms with Crippen molar-refractivity contribution in [1.82, 2.24) is 4.98 Å². The van der Waals surface area contributed by atoms with Gasteiger partial charge in [0, 0.05) is 21.4 Å². The maximum Gasteiger partial charge on any atom is 0.246 e. The van der Waals surface area contributed by atoms with Gasteiger partial charge in [-0.1, -0.05) is 17.7 Å². The predicted molar refractivity (Wildman–Crippen MR) is 78.9 cm³/mol. The molecule has 0 aliphatic heterocycles. The van der Waals surface area contributed by atoms with Crippen molar-refractivity contribution in [1.29, 1.82) is 0 Å². The van der Waals surface area contributed by atoms with Crippen LogP contribution >= 0.6 is 27.5 Å². The Bertz CT molecular complexity index is 589. The summed E-state index contributed by atoms with van der Waals surface area (Å²) in [4.78, 5) is 15.7. The van der Waals surface area contributed by atoms with Gasteiger partial charge in [0.05, 0.1) is 5.69 Å². The van der Waals surface area contributed by atoms with E-state index in [2.05, 4.69) is 26.2 Å². The van der Waals surface area contributed by atoms with E-state index in [-0.39, 0.29) is 0 Å². The van der Waals surface area contributed by atoms with E-state index in [0.717, 1.165) is 4.47 Å². The molecule has 0 aliphatic rings. The highest BCUT2D eigenvalue weighted by Crippen LogP contribution is 2.21. The Balaban J connectivity index is 2.26. The molecule has 1 aromatic carbocycles. The number of amides is 1. The first-order valence-corrected chi connectivity index (χ1v) is 6.66. The van der Waals surface area contributed by atoms with Crippen LogP contribution in [0.4, 0.5) is 5.69 Å². The number of nitrogens with two attached hydrogens (primary N) is 1. The lowest BCUT2D eigenvalue weighted by molar-refractivity contribution is -0.118. The van der Waals surface area contributed by atoms with Crippen molar-refractivity contribution in [2.24, 2.45) is 5.73 Å². The second kappa shape index (κ2) is 6.04. The number of pyridine rings is 1. The molecule has 0 radical (unpaired) electrons. The average molecular weight is 341 g/mol. The van der Waals surface area contributed by atoms with Crippen molar-refractivity contribution in [2.45, 2.75) is 6.04 Å². The molecule has 1 unspecified atom stereocenters. The zero-order valence-corrected chi connectivity index (χ0v) is 12.1.